The summed E-state index contributed by atoms with van der Waals surface area (Å²) in [5, 5.41) is 0. The van der Waals surface area contributed by atoms with Crippen LogP contribution in [0.3, 0.4) is 0 Å². The molecule has 0 bridgehead atoms. The lowest BCUT2D eigenvalue weighted by atomic mass is 9.67. The van der Waals surface area contributed by atoms with Crippen molar-refractivity contribution in [3.8, 4) is 0 Å². The molecule has 1 rings (SSSR count). The lowest BCUT2D eigenvalue weighted by Gasteiger charge is -2.38. The lowest BCUT2D eigenvalue weighted by molar-refractivity contribution is 0.137. The van der Waals surface area contributed by atoms with Crippen molar-refractivity contribution in [3.63, 3.8) is 0 Å². The van der Waals surface area contributed by atoms with E-state index in [1.54, 1.807) is 0 Å². The third-order valence-corrected chi connectivity index (χ3v) is 4.10. The molecule has 0 amide bonds. The van der Waals surface area contributed by atoms with Crippen LogP contribution in [0.25, 0.3) is 0 Å². The SMILES string of the molecule is C=CC1CCC(C(C)C)CC1C(C)C. The molecule has 0 aromatic heterocycles. The van der Waals surface area contributed by atoms with E-state index in [2.05, 4.69) is 40.3 Å². The van der Waals surface area contributed by atoms with Crippen LogP contribution in [0.15, 0.2) is 12.7 Å². The van der Waals surface area contributed by atoms with Gasteiger partial charge in [0, 0.05) is 0 Å². The van der Waals surface area contributed by atoms with Crippen LogP contribution in [-0.4, -0.2) is 0 Å². The fraction of sp³-hybridized carbons (Fsp3) is 0.857. The van der Waals surface area contributed by atoms with Crippen LogP contribution < -0.4 is 0 Å². The Morgan fingerprint density at radius 2 is 1.71 bits per heavy atom. The summed E-state index contributed by atoms with van der Waals surface area (Å²) in [5.74, 6) is 4.30. The molecule has 14 heavy (non-hydrogen) atoms. The average Bonchev–Trinajstić information content (AvgIpc) is 2.16. The molecular formula is C14H26. The van der Waals surface area contributed by atoms with Crippen LogP contribution >= 0.6 is 0 Å². The monoisotopic (exact) mass is 194 g/mol. The summed E-state index contributed by atoms with van der Waals surface area (Å²) in [4.78, 5) is 0. The van der Waals surface area contributed by atoms with E-state index in [4.69, 9.17) is 0 Å². The van der Waals surface area contributed by atoms with E-state index in [1.807, 2.05) is 0 Å². The predicted octanol–water partition coefficient (Wildman–Crippen LogP) is 4.52. The number of allylic oxidation sites excluding steroid dienone is 1. The van der Waals surface area contributed by atoms with Gasteiger partial charge in [-0.3, -0.25) is 0 Å². The van der Waals surface area contributed by atoms with Gasteiger partial charge in [-0.05, 0) is 48.9 Å². The second-order valence-electron chi connectivity index (χ2n) is 5.62. The van der Waals surface area contributed by atoms with E-state index in [-0.39, 0.29) is 0 Å². The molecule has 0 aliphatic heterocycles. The Hall–Kier alpha value is -0.260. The Bertz CT molecular complexity index is 178. The first kappa shape index (κ1) is 11.8. The van der Waals surface area contributed by atoms with Gasteiger partial charge in [0.15, 0.2) is 0 Å². The fourth-order valence-electron chi connectivity index (χ4n) is 2.93. The van der Waals surface area contributed by atoms with Crippen LogP contribution in [-0.2, 0) is 0 Å². The summed E-state index contributed by atoms with van der Waals surface area (Å²) in [6.45, 7) is 13.5. The quantitative estimate of drug-likeness (QED) is 0.580. The molecule has 0 spiro atoms. The molecule has 0 aromatic rings. The summed E-state index contributed by atoms with van der Waals surface area (Å²) in [6, 6.07) is 0. The molecule has 1 aliphatic rings. The first-order valence-electron chi connectivity index (χ1n) is 6.18. The van der Waals surface area contributed by atoms with Gasteiger partial charge >= 0.3 is 0 Å². The Morgan fingerprint density at radius 3 is 2.14 bits per heavy atom. The zero-order valence-corrected chi connectivity index (χ0v) is 10.3. The first-order valence-corrected chi connectivity index (χ1v) is 6.18. The molecule has 3 atom stereocenters. The van der Waals surface area contributed by atoms with E-state index >= 15 is 0 Å². The van der Waals surface area contributed by atoms with E-state index in [0.717, 1.165) is 29.6 Å². The lowest BCUT2D eigenvalue weighted by Crippen LogP contribution is -2.29. The number of hydrogen-bond donors (Lipinski definition) is 0. The van der Waals surface area contributed by atoms with Gasteiger partial charge in [0.2, 0.25) is 0 Å². The standard InChI is InChI=1S/C14H26/c1-6-12-7-8-13(10(2)3)9-14(12)11(4)5/h6,10-14H,1,7-9H2,2-5H3. The Morgan fingerprint density at radius 1 is 1.07 bits per heavy atom. The van der Waals surface area contributed by atoms with Crippen molar-refractivity contribution < 1.29 is 0 Å². The average molecular weight is 194 g/mol. The Kier molecular flexibility index (Phi) is 4.22. The second-order valence-corrected chi connectivity index (χ2v) is 5.62. The van der Waals surface area contributed by atoms with Crippen molar-refractivity contribution in [3.05, 3.63) is 12.7 Å². The summed E-state index contributed by atoms with van der Waals surface area (Å²) < 4.78 is 0. The molecule has 1 fully saturated rings. The van der Waals surface area contributed by atoms with E-state index in [1.165, 1.54) is 19.3 Å². The number of rotatable bonds is 3. The van der Waals surface area contributed by atoms with E-state index in [0.29, 0.717) is 0 Å². The van der Waals surface area contributed by atoms with Crippen molar-refractivity contribution in [2.75, 3.05) is 0 Å². The molecule has 1 saturated carbocycles. The molecule has 0 radical (unpaired) electrons. The highest BCUT2D eigenvalue weighted by atomic mass is 14.4. The fourth-order valence-corrected chi connectivity index (χ4v) is 2.93. The smallest absolute Gasteiger partial charge is 0.0205 e. The maximum Gasteiger partial charge on any atom is -0.0205 e. The van der Waals surface area contributed by atoms with Crippen molar-refractivity contribution in [2.45, 2.75) is 47.0 Å². The van der Waals surface area contributed by atoms with Crippen LogP contribution in [0.4, 0.5) is 0 Å². The predicted molar refractivity (Wildman–Crippen MR) is 64.2 cm³/mol. The van der Waals surface area contributed by atoms with Gasteiger partial charge in [0.25, 0.3) is 0 Å². The van der Waals surface area contributed by atoms with Crippen LogP contribution in [0.1, 0.15) is 47.0 Å². The molecule has 1 aliphatic carbocycles. The van der Waals surface area contributed by atoms with Crippen molar-refractivity contribution in [1.29, 1.82) is 0 Å². The molecule has 0 N–H and O–H groups in total. The van der Waals surface area contributed by atoms with Crippen LogP contribution in [0, 0.1) is 29.6 Å². The second kappa shape index (κ2) is 5.00. The minimum atomic E-state index is 0.782. The largest absolute Gasteiger partial charge is 0.103 e. The van der Waals surface area contributed by atoms with Gasteiger partial charge in [-0.15, -0.1) is 6.58 Å². The summed E-state index contributed by atoms with van der Waals surface area (Å²) in [5.41, 5.74) is 0. The molecule has 82 valence electrons. The minimum Gasteiger partial charge on any atom is -0.103 e. The maximum absolute atomic E-state index is 3.99. The highest BCUT2D eigenvalue weighted by Gasteiger charge is 2.31. The van der Waals surface area contributed by atoms with Gasteiger partial charge in [0.05, 0.1) is 0 Å². The number of hydrogen-bond acceptors (Lipinski definition) is 0. The molecule has 0 saturated heterocycles. The van der Waals surface area contributed by atoms with Crippen molar-refractivity contribution in [2.24, 2.45) is 29.6 Å². The maximum atomic E-state index is 3.99. The summed E-state index contributed by atoms with van der Waals surface area (Å²) in [6.07, 6.45) is 6.40. The zero-order chi connectivity index (χ0) is 10.7. The molecule has 0 heteroatoms. The summed E-state index contributed by atoms with van der Waals surface area (Å²) in [7, 11) is 0. The van der Waals surface area contributed by atoms with Crippen molar-refractivity contribution >= 4 is 0 Å². The van der Waals surface area contributed by atoms with Gasteiger partial charge in [0.1, 0.15) is 0 Å². The molecular weight excluding hydrogens is 168 g/mol. The van der Waals surface area contributed by atoms with Gasteiger partial charge in [-0.1, -0.05) is 33.8 Å². The van der Waals surface area contributed by atoms with Crippen molar-refractivity contribution in [1.82, 2.24) is 0 Å². The Balaban J connectivity index is 2.61. The van der Waals surface area contributed by atoms with Crippen LogP contribution in [0.5, 0.6) is 0 Å². The molecule has 0 nitrogen and oxygen atoms in total. The summed E-state index contributed by atoms with van der Waals surface area (Å²) >= 11 is 0. The highest BCUT2D eigenvalue weighted by Crippen LogP contribution is 2.41. The molecule has 3 unspecified atom stereocenters. The van der Waals surface area contributed by atoms with Gasteiger partial charge in [-0.25, -0.2) is 0 Å². The Labute approximate surface area is 89.8 Å². The minimum absolute atomic E-state index is 0.782. The molecule has 0 aromatic carbocycles. The highest BCUT2D eigenvalue weighted by molar-refractivity contribution is 4.91. The van der Waals surface area contributed by atoms with Gasteiger partial charge in [-0.2, -0.15) is 0 Å². The van der Waals surface area contributed by atoms with E-state index < -0.39 is 0 Å². The third kappa shape index (κ3) is 2.62. The molecule has 0 heterocycles. The zero-order valence-electron chi connectivity index (χ0n) is 10.3. The third-order valence-electron chi connectivity index (χ3n) is 4.10. The normalized spacial score (nSPS) is 33.7. The van der Waals surface area contributed by atoms with E-state index in [9.17, 15) is 0 Å². The first-order chi connectivity index (χ1) is 6.56. The topological polar surface area (TPSA) is 0 Å². The van der Waals surface area contributed by atoms with Crippen LogP contribution in [0.2, 0.25) is 0 Å². The van der Waals surface area contributed by atoms with Gasteiger partial charge < -0.3 is 0 Å².